The van der Waals surface area contributed by atoms with Gasteiger partial charge in [0.25, 0.3) is 0 Å². The molecular formula is C19H25BrN2O3. The van der Waals surface area contributed by atoms with E-state index in [1.807, 2.05) is 18.0 Å². The third-order valence-corrected chi connectivity index (χ3v) is 6.42. The van der Waals surface area contributed by atoms with Crippen molar-refractivity contribution in [2.75, 3.05) is 11.9 Å². The van der Waals surface area contributed by atoms with Crippen LogP contribution in [0.4, 0.5) is 5.69 Å². The summed E-state index contributed by atoms with van der Waals surface area (Å²) in [6.07, 6.45) is 0.934. The minimum absolute atomic E-state index is 0.0720. The van der Waals surface area contributed by atoms with Gasteiger partial charge in [0.15, 0.2) is 0 Å². The van der Waals surface area contributed by atoms with Crippen LogP contribution in [0.3, 0.4) is 0 Å². The SMILES string of the molecule is CC(=O)N(C)C1CC(C)C2c3cc(C(=O)O)cc(Br)c3N(C(C)C)C21. The fourth-order valence-electron chi connectivity index (χ4n) is 4.73. The minimum atomic E-state index is -0.911. The third-order valence-electron chi connectivity index (χ3n) is 5.82. The first kappa shape index (κ1) is 18.2. The maximum atomic E-state index is 12.0. The Kier molecular flexibility index (Phi) is 4.60. The highest BCUT2D eigenvalue weighted by molar-refractivity contribution is 9.10. The van der Waals surface area contributed by atoms with Crippen molar-refractivity contribution in [2.24, 2.45) is 5.92 Å². The summed E-state index contributed by atoms with van der Waals surface area (Å²) in [5, 5.41) is 9.45. The highest BCUT2D eigenvalue weighted by atomic mass is 79.9. The van der Waals surface area contributed by atoms with E-state index in [0.29, 0.717) is 11.5 Å². The number of likely N-dealkylation sites (N-methyl/N-ethyl adjacent to an activating group) is 1. The van der Waals surface area contributed by atoms with E-state index >= 15 is 0 Å². The lowest BCUT2D eigenvalue weighted by atomic mass is 9.89. The molecule has 136 valence electrons. The summed E-state index contributed by atoms with van der Waals surface area (Å²) >= 11 is 3.60. The number of nitrogens with zero attached hydrogens (tertiary/aromatic N) is 2. The van der Waals surface area contributed by atoms with Crippen molar-refractivity contribution in [1.82, 2.24) is 4.90 Å². The summed E-state index contributed by atoms with van der Waals surface area (Å²) in [6.45, 7) is 8.12. The maximum Gasteiger partial charge on any atom is 0.335 e. The van der Waals surface area contributed by atoms with Crippen molar-refractivity contribution in [3.05, 3.63) is 27.7 Å². The van der Waals surface area contributed by atoms with Gasteiger partial charge >= 0.3 is 5.97 Å². The van der Waals surface area contributed by atoms with Crippen LogP contribution in [0.15, 0.2) is 16.6 Å². The number of carbonyl (C=O) groups excluding carboxylic acids is 1. The first-order valence-electron chi connectivity index (χ1n) is 8.73. The predicted octanol–water partition coefficient (Wildman–Crippen LogP) is 3.71. The highest BCUT2D eigenvalue weighted by Crippen LogP contribution is 2.56. The van der Waals surface area contributed by atoms with E-state index in [-0.39, 0.29) is 30.0 Å². The van der Waals surface area contributed by atoms with Gasteiger partial charge in [-0.2, -0.15) is 0 Å². The van der Waals surface area contributed by atoms with Gasteiger partial charge in [0, 0.05) is 30.4 Å². The smallest absolute Gasteiger partial charge is 0.335 e. The Bertz CT molecular complexity index is 734. The van der Waals surface area contributed by atoms with E-state index in [1.165, 1.54) is 0 Å². The van der Waals surface area contributed by atoms with E-state index < -0.39 is 5.97 Å². The lowest BCUT2D eigenvalue weighted by Crippen LogP contribution is -2.51. The molecule has 1 aliphatic heterocycles. The topological polar surface area (TPSA) is 60.9 Å². The molecule has 4 unspecified atom stereocenters. The summed E-state index contributed by atoms with van der Waals surface area (Å²) in [5.74, 6) is -0.219. The monoisotopic (exact) mass is 408 g/mol. The van der Waals surface area contributed by atoms with Crippen LogP contribution in [0.1, 0.15) is 56.0 Å². The molecule has 0 radical (unpaired) electrons. The summed E-state index contributed by atoms with van der Waals surface area (Å²) in [5.41, 5.74) is 2.49. The summed E-state index contributed by atoms with van der Waals surface area (Å²) in [4.78, 5) is 27.8. The molecule has 2 aliphatic rings. The highest BCUT2D eigenvalue weighted by Gasteiger charge is 2.53. The summed E-state index contributed by atoms with van der Waals surface area (Å²) in [7, 11) is 1.88. The molecule has 1 saturated carbocycles. The number of hydrogen-bond donors (Lipinski definition) is 1. The number of amides is 1. The molecule has 0 bridgehead atoms. The van der Waals surface area contributed by atoms with E-state index in [1.54, 1.807) is 13.0 Å². The number of carboxylic acid groups (broad SMARTS) is 1. The van der Waals surface area contributed by atoms with Gasteiger partial charge in [0.1, 0.15) is 0 Å². The zero-order valence-electron chi connectivity index (χ0n) is 15.3. The van der Waals surface area contributed by atoms with Crippen LogP contribution >= 0.6 is 15.9 Å². The quantitative estimate of drug-likeness (QED) is 0.827. The van der Waals surface area contributed by atoms with Gasteiger partial charge in [-0.3, -0.25) is 4.79 Å². The molecule has 0 spiro atoms. The lowest BCUT2D eigenvalue weighted by Gasteiger charge is -2.38. The van der Waals surface area contributed by atoms with Crippen molar-refractivity contribution < 1.29 is 14.7 Å². The number of carbonyl (C=O) groups is 2. The van der Waals surface area contributed by atoms with Crippen molar-refractivity contribution >= 4 is 33.5 Å². The Labute approximate surface area is 157 Å². The fourth-order valence-corrected chi connectivity index (χ4v) is 5.41. The van der Waals surface area contributed by atoms with Gasteiger partial charge in [-0.1, -0.05) is 6.92 Å². The molecule has 6 heteroatoms. The van der Waals surface area contributed by atoms with Crippen LogP contribution in [0.25, 0.3) is 0 Å². The third kappa shape index (κ3) is 2.75. The first-order chi connectivity index (χ1) is 11.6. The number of carboxylic acids is 1. The van der Waals surface area contributed by atoms with Crippen LogP contribution in [0.5, 0.6) is 0 Å². The summed E-state index contributed by atoms with van der Waals surface area (Å²) in [6, 6.07) is 4.08. The van der Waals surface area contributed by atoms with Crippen LogP contribution < -0.4 is 4.90 Å². The van der Waals surface area contributed by atoms with Gasteiger partial charge in [-0.15, -0.1) is 0 Å². The number of hydrogen-bond acceptors (Lipinski definition) is 3. The average Bonchev–Trinajstić information content (AvgIpc) is 3.02. The molecule has 25 heavy (non-hydrogen) atoms. The second kappa shape index (κ2) is 6.31. The predicted molar refractivity (Wildman–Crippen MR) is 101 cm³/mol. The summed E-state index contributed by atoms with van der Waals surface area (Å²) < 4.78 is 0.821. The van der Waals surface area contributed by atoms with Crippen molar-refractivity contribution in [2.45, 2.75) is 58.2 Å². The molecule has 1 N–H and O–H groups in total. The average molecular weight is 409 g/mol. The molecule has 1 heterocycles. The Morgan fingerprint density at radius 1 is 1.36 bits per heavy atom. The van der Waals surface area contributed by atoms with Gasteiger partial charge in [-0.05, 0) is 59.8 Å². The van der Waals surface area contributed by atoms with Gasteiger partial charge in [0.2, 0.25) is 5.91 Å². The molecule has 3 rings (SSSR count). The number of fused-ring (bicyclic) bond motifs is 3. The molecule has 5 nitrogen and oxygen atoms in total. The Balaban J connectivity index is 2.17. The number of rotatable bonds is 3. The second-order valence-electron chi connectivity index (χ2n) is 7.63. The number of benzene rings is 1. The number of anilines is 1. The molecule has 1 amide bonds. The zero-order chi connectivity index (χ0) is 18.6. The Morgan fingerprint density at radius 2 is 2.00 bits per heavy atom. The molecule has 1 aliphatic carbocycles. The minimum Gasteiger partial charge on any atom is -0.478 e. The van der Waals surface area contributed by atoms with Crippen LogP contribution in [-0.4, -0.2) is 47.1 Å². The largest absolute Gasteiger partial charge is 0.478 e. The number of halogens is 1. The first-order valence-corrected chi connectivity index (χ1v) is 9.52. The molecule has 0 saturated heterocycles. The molecule has 1 fully saturated rings. The van der Waals surface area contributed by atoms with E-state index in [0.717, 1.165) is 22.1 Å². The molecular weight excluding hydrogens is 384 g/mol. The van der Waals surface area contributed by atoms with Gasteiger partial charge in [0.05, 0.1) is 23.3 Å². The van der Waals surface area contributed by atoms with Gasteiger partial charge in [-0.25, -0.2) is 4.79 Å². The van der Waals surface area contributed by atoms with E-state index in [4.69, 9.17) is 0 Å². The van der Waals surface area contributed by atoms with Crippen LogP contribution in [-0.2, 0) is 4.79 Å². The second-order valence-corrected chi connectivity index (χ2v) is 8.48. The molecule has 1 aromatic carbocycles. The molecule has 4 atom stereocenters. The van der Waals surface area contributed by atoms with E-state index in [9.17, 15) is 14.7 Å². The standard InChI is InChI=1S/C19H25BrN2O3/c1-9(2)22-17-13(7-12(19(24)25)8-14(17)20)16-10(3)6-15(18(16)22)21(5)11(4)23/h7-10,15-16,18H,6H2,1-5H3,(H,24,25). The Morgan fingerprint density at radius 3 is 2.52 bits per heavy atom. The van der Waals surface area contributed by atoms with Crippen LogP contribution in [0, 0.1) is 5.92 Å². The van der Waals surface area contributed by atoms with Crippen molar-refractivity contribution in [3.63, 3.8) is 0 Å². The fraction of sp³-hybridized carbons (Fsp3) is 0.579. The number of aromatic carboxylic acids is 1. The van der Waals surface area contributed by atoms with Crippen molar-refractivity contribution in [1.29, 1.82) is 0 Å². The van der Waals surface area contributed by atoms with Gasteiger partial charge < -0.3 is 14.9 Å². The maximum absolute atomic E-state index is 12.0. The molecule has 1 aromatic rings. The molecule has 0 aromatic heterocycles. The zero-order valence-corrected chi connectivity index (χ0v) is 16.9. The van der Waals surface area contributed by atoms with Crippen LogP contribution in [0.2, 0.25) is 0 Å². The Hall–Kier alpha value is -1.56. The van der Waals surface area contributed by atoms with Crippen molar-refractivity contribution in [3.8, 4) is 0 Å². The lowest BCUT2D eigenvalue weighted by molar-refractivity contribution is -0.129. The normalized spacial score (nSPS) is 27.4. The van der Waals surface area contributed by atoms with E-state index in [2.05, 4.69) is 41.6 Å².